The van der Waals surface area contributed by atoms with Crippen LogP contribution in [0, 0.1) is 45.6 Å². The van der Waals surface area contributed by atoms with Crippen LogP contribution in [0.5, 0.6) is 0 Å². The van der Waals surface area contributed by atoms with E-state index in [1.165, 1.54) is 33.4 Å². The van der Waals surface area contributed by atoms with Crippen molar-refractivity contribution in [2.75, 3.05) is 9.80 Å². The van der Waals surface area contributed by atoms with Crippen LogP contribution in [0.4, 0.5) is 39.8 Å². The summed E-state index contributed by atoms with van der Waals surface area (Å²) in [4.78, 5) is 8.93. The summed E-state index contributed by atoms with van der Waals surface area (Å²) in [6.45, 7) is 26.1. The summed E-state index contributed by atoms with van der Waals surface area (Å²) in [7, 11) is 0. The molecule has 0 fully saturated rings. The number of rotatable bonds is 8. The Labute approximate surface area is 387 Å². The van der Waals surface area contributed by atoms with Crippen molar-refractivity contribution in [1.82, 2.24) is 0 Å². The second-order valence-corrected chi connectivity index (χ2v) is 19.1. The lowest BCUT2D eigenvalue weighted by Crippen LogP contribution is -2.10. The number of nitrogens with zero attached hydrogens (tertiary/aromatic N) is 4. The molecule has 0 spiro atoms. The number of benzene rings is 9. The van der Waals surface area contributed by atoms with E-state index in [4.69, 9.17) is 6.57 Å². The molecule has 0 aromatic heterocycles. The fraction of sp³-hybridized carbons (Fsp3) is 0.161. The zero-order valence-corrected chi connectivity index (χ0v) is 38.8. The second kappa shape index (κ2) is 15.4. The maximum atomic E-state index is 10.9. The zero-order chi connectivity index (χ0) is 45.7. The molecule has 0 atom stereocenters. The fourth-order valence-corrected chi connectivity index (χ4v) is 10.9. The van der Waals surface area contributed by atoms with Crippen LogP contribution in [0.25, 0.3) is 69.5 Å². The van der Waals surface area contributed by atoms with Gasteiger partial charge in [-0.05, 0) is 211 Å². The molecule has 0 aliphatic heterocycles. The summed E-state index contributed by atoms with van der Waals surface area (Å²) in [5.74, 6) is 0.857. The van der Waals surface area contributed by atoms with Crippen molar-refractivity contribution in [2.45, 2.75) is 67.2 Å². The Bertz CT molecular complexity index is 3530. The van der Waals surface area contributed by atoms with Gasteiger partial charge in [0, 0.05) is 39.5 Å². The van der Waals surface area contributed by atoms with Crippen molar-refractivity contribution >= 4 is 104 Å². The Morgan fingerprint density at radius 2 is 0.758 bits per heavy atom. The highest BCUT2D eigenvalue weighted by molar-refractivity contribution is 6.49. The first-order valence-corrected chi connectivity index (χ1v) is 23.1. The van der Waals surface area contributed by atoms with Gasteiger partial charge < -0.3 is 9.80 Å². The van der Waals surface area contributed by atoms with Crippen molar-refractivity contribution in [3.05, 3.63) is 196 Å². The Hall–Kier alpha value is -7.92. The second-order valence-electron chi connectivity index (χ2n) is 19.1. The molecule has 0 bridgehead atoms. The third-order valence-corrected chi connectivity index (χ3v) is 13.8. The number of aryl methyl sites for hydroxylation is 4. The van der Waals surface area contributed by atoms with Gasteiger partial charge in [0.15, 0.2) is 5.69 Å². The molecular formula is C62H50N4. The summed E-state index contributed by atoms with van der Waals surface area (Å²) in [5, 5.41) is 23.6. The maximum Gasteiger partial charge on any atom is 0.195 e. The molecule has 11 aromatic carbocycles. The average molecular weight is 851 g/mol. The zero-order valence-electron chi connectivity index (χ0n) is 38.8. The topological polar surface area (TPSA) is 34.6 Å². The van der Waals surface area contributed by atoms with Crippen molar-refractivity contribution in [3.8, 4) is 6.07 Å². The quantitative estimate of drug-likeness (QED) is 0.113. The molecule has 0 saturated carbocycles. The van der Waals surface area contributed by atoms with Crippen LogP contribution in [0.1, 0.15) is 78.5 Å². The number of fused-ring (bicyclic) bond motifs is 8. The van der Waals surface area contributed by atoms with E-state index in [1.807, 2.05) is 12.1 Å². The highest BCUT2D eigenvalue weighted by Crippen LogP contribution is 2.54. The minimum Gasteiger partial charge on any atom is -0.310 e. The number of nitriles is 1. The van der Waals surface area contributed by atoms with Gasteiger partial charge in [-0.25, -0.2) is 4.85 Å². The van der Waals surface area contributed by atoms with Gasteiger partial charge in [-0.1, -0.05) is 94.4 Å². The molecule has 0 amide bonds. The summed E-state index contributed by atoms with van der Waals surface area (Å²) >= 11 is 0. The minimum atomic E-state index is 0.428. The highest BCUT2D eigenvalue weighted by atomic mass is 15.1. The predicted octanol–water partition coefficient (Wildman–Crippen LogP) is 18.3. The molecule has 0 N–H and O–H groups in total. The van der Waals surface area contributed by atoms with E-state index in [-0.39, 0.29) is 0 Å². The average Bonchev–Trinajstić information content (AvgIpc) is 3.81. The van der Waals surface area contributed by atoms with E-state index in [0.717, 1.165) is 98.8 Å². The van der Waals surface area contributed by atoms with E-state index in [2.05, 4.69) is 210 Å². The number of anilines is 6. The van der Waals surface area contributed by atoms with Crippen molar-refractivity contribution < 1.29 is 0 Å². The SMILES string of the molecule is [C-]#[N+]c1ccc2c3cc(N(c4ccc(C(C)C)cc4)c4cc(C)cc(C)c4)ccc3c3c4c(C#N)ccc5c6cc(N(c7ccc(C(C)C)cc7)c7cc(C)cc(C)c7)ccc6c(c1c23)c54. The molecule has 0 aliphatic rings. The minimum absolute atomic E-state index is 0.428. The van der Waals surface area contributed by atoms with Gasteiger partial charge >= 0.3 is 0 Å². The molecule has 318 valence electrons. The van der Waals surface area contributed by atoms with E-state index < -0.39 is 0 Å². The summed E-state index contributed by atoms with van der Waals surface area (Å²) in [6, 6.07) is 55.8. The van der Waals surface area contributed by atoms with Gasteiger partial charge in [0.05, 0.1) is 18.2 Å². The fourth-order valence-electron chi connectivity index (χ4n) is 10.9. The van der Waals surface area contributed by atoms with Gasteiger partial charge in [-0.2, -0.15) is 5.26 Å². The number of hydrogen-bond donors (Lipinski definition) is 0. The van der Waals surface area contributed by atoms with Crippen LogP contribution in [0.3, 0.4) is 0 Å². The largest absolute Gasteiger partial charge is 0.310 e. The third kappa shape index (κ3) is 6.32. The van der Waals surface area contributed by atoms with E-state index in [0.29, 0.717) is 23.1 Å². The molecule has 4 nitrogen and oxygen atoms in total. The van der Waals surface area contributed by atoms with Crippen LogP contribution >= 0.6 is 0 Å². The molecule has 11 rings (SSSR count). The summed E-state index contributed by atoms with van der Waals surface area (Å²) in [5.41, 5.74) is 15.2. The Morgan fingerprint density at radius 3 is 1.14 bits per heavy atom. The smallest absolute Gasteiger partial charge is 0.195 e. The van der Waals surface area contributed by atoms with Gasteiger partial charge in [0.2, 0.25) is 0 Å². The standard InChI is InChI=1S/C62H50N4/c1-35(2)41-10-15-44(16-11-41)65(48-28-37(5)26-38(6)29-48)46-19-22-51-55(33-46)53-24-25-56(64-9)62-60-52-23-20-47(32-54(52)50-21-14-43(34-63)57(58(50)60)59(51)61(53)62)66(49-30-39(7)27-40(8)31-49)45-17-12-42(13-18-45)36(3)4/h10-33,35-36H,1-8H3. The lowest BCUT2D eigenvalue weighted by Gasteiger charge is -2.27. The van der Waals surface area contributed by atoms with Gasteiger partial charge in [-0.3, -0.25) is 0 Å². The predicted molar refractivity (Wildman–Crippen MR) is 281 cm³/mol. The Balaban J connectivity index is 1.20. The lowest BCUT2D eigenvalue weighted by molar-refractivity contribution is 0.866. The summed E-state index contributed by atoms with van der Waals surface area (Å²) in [6.07, 6.45) is 0. The van der Waals surface area contributed by atoms with E-state index >= 15 is 0 Å². The highest BCUT2D eigenvalue weighted by Gasteiger charge is 2.27. The van der Waals surface area contributed by atoms with E-state index in [9.17, 15) is 5.26 Å². The monoisotopic (exact) mass is 850 g/mol. The molecule has 0 saturated heterocycles. The van der Waals surface area contributed by atoms with Gasteiger partial charge in [0.1, 0.15) is 0 Å². The maximum absolute atomic E-state index is 10.9. The van der Waals surface area contributed by atoms with Crippen LogP contribution in [0.2, 0.25) is 0 Å². The summed E-state index contributed by atoms with van der Waals surface area (Å²) < 4.78 is 0. The molecule has 66 heavy (non-hydrogen) atoms. The molecule has 0 unspecified atom stereocenters. The van der Waals surface area contributed by atoms with Crippen molar-refractivity contribution in [1.29, 1.82) is 5.26 Å². The Kier molecular flexibility index (Phi) is 9.51. The normalized spacial score (nSPS) is 11.9. The van der Waals surface area contributed by atoms with Gasteiger partial charge in [-0.15, -0.1) is 0 Å². The van der Waals surface area contributed by atoms with Crippen LogP contribution < -0.4 is 9.80 Å². The molecule has 4 heteroatoms. The first kappa shape index (κ1) is 40.8. The molecule has 0 radical (unpaired) electrons. The molecular weight excluding hydrogens is 801 g/mol. The number of hydrogen-bond acceptors (Lipinski definition) is 3. The molecule has 11 aromatic rings. The first-order valence-electron chi connectivity index (χ1n) is 23.1. The lowest BCUT2D eigenvalue weighted by atomic mass is 9.92. The van der Waals surface area contributed by atoms with Crippen molar-refractivity contribution in [2.24, 2.45) is 0 Å². The van der Waals surface area contributed by atoms with Crippen LogP contribution in [0.15, 0.2) is 146 Å². The van der Waals surface area contributed by atoms with Crippen LogP contribution in [-0.4, -0.2) is 0 Å². The third-order valence-electron chi connectivity index (χ3n) is 13.8. The molecule has 0 heterocycles. The first-order chi connectivity index (χ1) is 31.9. The Morgan fingerprint density at radius 1 is 0.394 bits per heavy atom. The van der Waals surface area contributed by atoms with Crippen molar-refractivity contribution in [3.63, 3.8) is 0 Å². The van der Waals surface area contributed by atoms with Gasteiger partial charge in [0.25, 0.3) is 0 Å². The van der Waals surface area contributed by atoms with Crippen LogP contribution in [-0.2, 0) is 0 Å². The van der Waals surface area contributed by atoms with E-state index in [1.54, 1.807) is 0 Å². The molecule has 0 aliphatic carbocycles.